The van der Waals surface area contributed by atoms with Crippen LogP contribution >= 0.6 is 11.8 Å². The maximum absolute atomic E-state index is 12.2. The van der Waals surface area contributed by atoms with E-state index in [0.717, 1.165) is 22.7 Å². The number of hydrogen-bond donors (Lipinski definition) is 0. The first kappa shape index (κ1) is 18.3. The number of ether oxygens (including phenoxy) is 1. The largest absolute Gasteiger partial charge is 0.491 e. The van der Waals surface area contributed by atoms with E-state index in [1.54, 1.807) is 11.9 Å². The van der Waals surface area contributed by atoms with Crippen molar-refractivity contribution in [2.24, 2.45) is 0 Å². The van der Waals surface area contributed by atoms with E-state index < -0.39 is 0 Å². The Bertz CT molecular complexity index is 686. The summed E-state index contributed by atoms with van der Waals surface area (Å²) in [6, 6.07) is 9.78. The third-order valence-electron chi connectivity index (χ3n) is 3.49. The van der Waals surface area contributed by atoms with Crippen LogP contribution in [-0.2, 0) is 4.79 Å². The molecule has 1 amide bonds. The van der Waals surface area contributed by atoms with Crippen LogP contribution in [0.2, 0.25) is 0 Å². The van der Waals surface area contributed by atoms with Crippen LogP contribution in [0.25, 0.3) is 0 Å². The minimum atomic E-state index is 0.0381. The van der Waals surface area contributed by atoms with E-state index in [4.69, 9.17) is 4.74 Å². The van der Waals surface area contributed by atoms with Crippen molar-refractivity contribution in [1.29, 1.82) is 0 Å². The highest BCUT2D eigenvalue weighted by Gasteiger charge is 2.11. The van der Waals surface area contributed by atoms with Crippen molar-refractivity contribution in [3.63, 3.8) is 0 Å². The van der Waals surface area contributed by atoms with Gasteiger partial charge in [-0.05, 0) is 38.5 Å². The van der Waals surface area contributed by atoms with Crippen LogP contribution < -0.4 is 4.74 Å². The zero-order valence-electron chi connectivity index (χ0n) is 14.6. The van der Waals surface area contributed by atoms with Crippen molar-refractivity contribution in [3.05, 3.63) is 47.3 Å². The molecule has 0 aliphatic carbocycles. The number of aryl methyl sites for hydroxylation is 3. The summed E-state index contributed by atoms with van der Waals surface area (Å²) in [5, 5.41) is 0.644. The second-order valence-corrected chi connectivity index (χ2v) is 6.59. The smallest absolute Gasteiger partial charge is 0.232 e. The molecule has 6 heteroatoms. The third kappa shape index (κ3) is 5.53. The van der Waals surface area contributed by atoms with Gasteiger partial charge in [-0.2, -0.15) is 0 Å². The molecular formula is C18H23N3O2S. The van der Waals surface area contributed by atoms with E-state index in [1.165, 1.54) is 11.8 Å². The third-order valence-corrected chi connectivity index (χ3v) is 4.32. The quantitative estimate of drug-likeness (QED) is 0.570. The number of thioether (sulfide) groups is 1. The number of likely N-dealkylation sites (N-methyl/N-ethyl adjacent to an activating group) is 1. The van der Waals surface area contributed by atoms with Crippen LogP contribution in [0.3, 0.4) is 0 Å². The summed E-state index contributed by atoms with van der Waals surface area (Å²) in [5.74, 6) is 1.22. The van der Waals surface area contributed by atoms with Crippen molar-refractivity contribution in [3.8, 4) is 5.75 Å². The molecule has 1 aromatic heterocycles. The molecular weight excluding hydrogens is 322 g/mol. The summed E-state index contributed by atoms with van der Waals surface area (Å²) in [7, 11) is 1.78. The number of carbonyl (C=O) groups excluding carboxylic acids is 1. The summed E-state index contributed by atoms with van der Waals surface area (Å²) < 4.78 is 5.73. The van der Waals surface area contributed by atoms with Gasteiger partial charge < -0.3 is 9.64 Å². The van der Waals surface area contributed by atoms with Crippen LogP contribution in [0.1, 0.15) is 17.0 Å². The summed E-state index contributed by atoms with van der Waals surface area (Å²) in [5.41, 5.74) is 2.92. The topological polar surface area (TPSA) is 55.3 Å². The van der Waals surface area contributed by atoms with E-state index in [1.807, 2.05) is 51.1 Å². The number of aromatic nitrogens is 2. The fourth-order valence-corrected chi connectivity index (χ4v) is 3.02. The molecule has 0 saturated heterocycles. The number of para-hydroxylation sites is 1. The van der Waals surface area contributed by atoms with Gasteiger partial charge in [-0.25, -0.2) is 9.97 Å². The fourth-order valence-electron chi connectivity index (χ4n) is 2.13. The predicted octanol–water partition coefficient (Wildman–Crippen LogP) is 3.03. The van der Waals surface area contributed by atoms with Crippen molar-refractivity contribution in [2.75, 3.05) is 26.0 Å². The molecule has 2 aromatic rings. The first-order valence-corrected chi connectivity index (χ1v) is 8.82. The van der Waals surface area contributed by atoms with Crippen molar-refractivity contribution >= 4 is 17.7 Å². The first-order chi connectivity index (χ1) is 11.5. The Morgan fingerprint density at radius 3 is 2.50 bits per heavy atom. The Balaban J connectivity index is 1.77. The lowest BCUT2D eigenvalue weighted by Crippen LogP contribution is -2.32. The Kier molecular flexibility index (Phi) is 6.61. The van der Waals surface area contributed by atoms with Crippen LogP contribution in [0.4, 0.5) is 0 Å². The summed E-state index contributed by atoms with van der Waals surface area (Å²) in [6.45, 7) is 6.87. The Labute approximate surface area is 147 Å². The highest BCUT2D eigenvalue weighted by atomic mass is 32.2. The lowest BCUT2D eigenvalue weighted by atomic mass is 10.2. The molecule has 128 valence electrons. The second kappa shape index (κ2) is 8.68. The average Bonchev–Trinajstić information content (AvgIpc) is 2.53. The Morgan fingerprint density at radius 1 is 1.17 bits per heavy atom. The van der Waals surface area contributed by atoms with Gasteiger partial charge in [0.1, 0.15) is 12.4 Å². The van der Waals surface area contributed by atoms with Gasteiger partial charge in [-0.1, -0.05) is 30.0 Å². The first-order valence-electron chi connectivity index (χ1n) is 7.83. The molecule has 0 atom stereocenters. The Hall–Kier alpha value is -2.08. The summed E-state index contributed by atoms with van der Waals surface area (Å²) in [6.07, 6.45) is 0. The molecule has 0 fully saturated rings. The molecule has 0 radical (unpaired) electrons. The fraction of sp³-hybridized carbons (Fsp3) is 0.389. The van der Waals surface area contributed by atoms with E-state index in [2.05, 4.69) is 9.97 Å². The molecule has 0 saturated carbocycles. The van der Waals surface area contributed by atoms with Crippen LogP contribution in [0.5, 0.6) is 5.75 Å². The molecule has 0 unspecified atom stereocenters. The van der Waals surface area contributed by atoms with Crippen LogP contribution in [0.15, 0.2) is 35.5 Å². The maximum atomic E-state index is 12.2. The van der Waals surface area contributed by atoms with Gasteiger partial charge in [0.15, 0.2) is 5.16 Å². The van der Waals surface area contributed by atoms with E-state index in [9.17, 15) is 4.79 Å². The number of carbonyl (C=O) groups is 1. The molecule has 1 heterocycles. The number of amides is 1. The van der Waals surface area contributed by atoms with Crippen LogP contribution in [-0.4, -0.2) is 46.7 Å². The number of hydrogen-bond acceptors (Lipinski definition) is 5. The van der Waals surface area contributed by atoms with Gasteiger partial charge in [0.2, 0.25) is 5.91 Å². The minimum absolute atomic E-state index is 0.0381. The predicted molar refractivity (Wildman–Crippen MR) is 96.5 cm³/mol. The summed E-state index contributed by atoms with van der Waals surface area (Å²) in [4.78, 5) is 22.5. The van der Waals surface area contributed by atoms with Gasteiger partial charge >= 0.3 is 0 Å². The van der Waals surface area contributed by atoms with Crippen molar-refractivity contribution in [2.45, 2.75) is 25.9 Å². The summed E-state index contributed by atoms with van der Waals surface area (Å²) >= 11 is 1.36. The highest BCUT2D eigenvalue weighted by molar-refractivity contribution is 7.99. The van der Waals surface area contributed by atoms with Crippen molar-refractivity contribution < 1.29 is 9.53 Å². The SMILES string of the molecule is Cc1cc(C)nc(SCC(=O)N(C)CCOc2ccccc2C)n1. The molecule has 0 spiro atoms. The van der Waals surface area contributed by atoms with E-state index in [-0.39, 0.29) is 5.91 Å². The molecule has 1 aromatic carbocycles. The number of rotatable bonds is 7. The number of nitrogens with zero attached hydrogens (tertiary/aromatic N) is 3. The van der Waals surface area contributed by atoms with Gasteiger partial charge in [0, 0.05) is 18.4 Å². The second-order valence-electron chi connectivity index (χ2n) is 5.65. The highest BCUT2D eigenvalue weighted by Crippen LogP contribution is 2.16. The van der Waals surface area contributed by atoms with Gasteiger partial charge in [0.25, 0.3) is 0 Å². The zero-order valence-corrected chi connectivity index (χ0v) is 15.4. The Morgan fingerprint density at radius 2 is 1.83 bits per heavy atom. The molecule has 0 bridgehead atoms. The normalized spacial score (nSPS) is 10.5. The van der Waals surface area contributed by atoms with E-state index >= 15 is 0 Å². The van der Waals surface area contributed by atoms with E-state index in [0.29, 0.717) is 24.1 Å². The average molecular weight is 345 g/mol. The van der Waals surface area contributed by atoms with Gasteiger partial charge in [-0.3, -0.25) is 4.79 Å². The van der Waals surface area contributed by atoms with Gasteiger partial charge in [0.05, 0.1) is 12.3 Å². The molecule has 24 heavy (non-hydrogen) atoms. The zero-order chi connectivity index (χ0) is 17.5. The van der Waals surface area contributed by atoms with Gasteiger partial charge in [-0.15, -0.1) is 0 Å². The molecule has 5 nitrogen and oxygen atoms in total. The molecule has 0 aliphatic rings. The molecule has 0 N–H and O–H groups in total. The molecule has 0 aliphatic heterocycles. The maximum Gasteiger partial charge on any atom is 0.232 e. The van der Waals surface area contributed by atoms with Crippen molar-refractivity contribution in [1.82, 2.24) is 14.9 Å². The lowest BCUT2D eigenvalue weighted by Gasteiger charge is -2.17. The number of benzene rings is 1. The standard InChI is InChI=1S/C18H23N3O2S/c1-13-7-5-6-8-16(13)23-10-9-21(4)17(22)12-24-18-19-14(2)11-15(3)20-18/h5-8,11H,9-10,12H2,1-4H3. The van der Waals surface area contributed by atoms with Crippen LogP contribution in [0, 0.1) is 20.8 Å². The monoisotopic (exact) mass is 345 g/mol. The lowest BCUT2D eigenvalue weighted by molar-refractivity contribution is -0.127. The molecule has 2 rings (SSSR count). The minimum Gasteiger partial charge on any atom is -0.491 e.